The topological polar surface area (TPSA) is 29.3 Å². The van der Waals surface area contributed by atoms with Crippen LogP contribution in [0, 0.1) is 0 Å². The molecule has 2 aromatic heterocycles. The Balaban J connectivity index is 1.49. The highest BCUT2D eigenvalue weighted by atomic mass is 16.3. The van der Waals surface area contributed by atoms with E-state index in [4.69, 9.17) is 9.40 Å². The number of hydrogen-bond acceptors (Lipinski definition) is 3. The molecule has 0 N–H and O–H groups in total. The van der Waals surface area contributed by atoms with Crippen molar-refractivity contribution in [3.63, 3.8) is 0 Å². The SMILES string of the molecule is CC(C)(C)c1ccc(N2c3nccc4c3B(c3cc5c(cc3C4(C)C)C(C)(C)CCC5(C)C)c3oc4c(C(C)(C)C)cccc4c32)cc1. The van der Waals surface area contributed by atoms with Gasteiger partial charge in [0.2, 0.25) is 0 Å². The molecule has 3 aliphatic rings. The summed E-state index contributed by atoms with van der Waals surface area (Å²) in [4.78, 5) is 7.66. The zero-order valence-electron chi connectivity index (χ0n) is 31.1. The molecule has 4 heteroatoms. The smallest absolute Gasteiger partial charge is 0.295 e. The molecule has 4 heterocycles. The summed E-state index contributed by atoms with van der Waals surface area (Å²) in [6, 6.07) is 23.3. The Kier molecular flexibility index (Phi) is 6.35. The minimum absolute atomic E-state index is 0.0434. The predicted molar refractivity (Wildman–Crippen MR) is 205 cm³/mol. The fourth-order valence-corrected chi connectivity index (χ4v) is 9.06. The molecule has 48 heavy (non-hydrogen) atoms. The van der Waals surface area contributed by atoms with Gasteiger partial charge in [-0.25, -0.2) is 4.98 Å². The zero-order valence-corrected chi connectivity index (χ0v) is 31.1. The van der Waals surface area contributed by atoms with Gasteiger partial charge in [0, 0.05) is 28.2 Å². The molecule has 0 saturated heterocycles. The minimum atomic E-state index is -0.201. The second-order valence-electron chi connectivity index (χ2n) is 18.8. The Bertz CT molecular complexity index is 2130. The second-order valence-corrected chi connectivity index (χ2v) is 18.8. The van der Waals surface area contributed by atoms with Gasteiger partial charge in [0.05, 0.1) is 11.3 Å². The van der Waals surface area contributed by atoms with Gasteiger partial charge in [-0.15, -0.1) is 0 Å². The normalized spacial score (nSPS) is 18.7. The molecular formula is C44H51BN2O. The van der Waals surface area contributed by atoms with Crippen LogP contribution >= 0.6 is 0 Å². The van der Waals surface area contributed by atoms with Crippen LogP contribution in [-0.2, 0) is 27.1 Å². The number of rotatable bonds is 1. The molecule has 0 fully saturated rings. The van der Waals surface area contributed by atoms with Crippen LogP contribution in [0.5, 0.6) is 0 Å². The average molecular weight is 635 g/mol. The fraction of sp³-hybridized carbons (Fsp3) is 0.432. The van der Waals surface area contributed by atoms with Gasteiger partial charge >= 0.3 is 0 Å². The number of aromatic nitrogens is 1. The van der Waals surface area contributed by atoms with Crippen molar-refractivity contribution < 1.29 is 4.42 Å². The summed E-state index contributed by atoms with van der Waals surface area (Å²) >= 11 is 0. The van der Waals surface area contributed by atoms with E-state index in [2.05, 4.69) is 149 Å². The maximum Gasteiger partial charge on any atom is 0.295 e. The molecule has 2 aliphatic heterocycles. The molecule has 0 radical (unpaired) electrons. The van der Waals surface area contributed by atoms with E-state index in [1.165, 1.54) is 57.1 Å². The van der Waals surface area contributed by atoms with Gasteiger partial charge in [-0.05, 0) is 92.0 Å². The number of anilines is 3. The van der Waals surface area contributed by atoms with Gasteiger partial charge in [-0.3, -0.25) is 4.90 Å². The van der Waals surface area contributed by atoms with Gasteiger partial charge in [0.15, 0.2) is 0 Å². The monoisotopic (exact) mass is 634 g/mol. The van der Waals surface area contributed by atoms with Crippen LogP contribution in [0.4, 0.5) is 17.2 Å². The fourth-order valence-electron chi connectivity index (χ4n) is 9.06. The van der Waals surface area contributed by atoms with Gasteiger partial charge in [0.25, 0.3) is 6.71 Å². The third kappa shape index (κ3) is 4.29. The van der Waals surface area contributed by atoms with Gasteiger partial charge in [-0.1, -0.05) is 125 Å². The Morgan fingerprint density at radius 3 is 2.00 bits per heavy atom. The van der Waals surface area contributed by atoms with Gasteiger partial charge < -0.3 is 4.42 Å². The number of benzene rings is 3. The van der Waals surface area contributed by atoms with E-state index in [1.807, 2.05) is 6.20 Å². The van der Waals surface area contributed by atoms with Crippen LogP contribution in [0.15, 0.2) is 71.3 Å². The highest BCUT2D eigenvalue weighted by Gasteiger charge is 2.51. The van der Waals surface area contributed by atoms with Crippen molar-refractivity contribution in [3.8, 4) is 0 Å². The number of furan rings is 1. The van der Waals surface area contributed by atoms with Gasteiger partial charge in [0.1, 0.15) is 11.4 Å². The van der Waals surface area contributed by atoms with Gasteiger partial charge in [-0.2, -0.15) is 0 Å². The number of pyridine rings is 1. The third-order valence-electron chi connectivity index (χ3n) is 12.2. The zero-order chi connectivity index (χ0) is 34.3. The first-order chi connectivity index (χ1) is 22.3. The molecule has 3 aromatic carbocycles. The van der Waals surface area contributed by atoms with Crippen molar-refractivity contribution in [1.29, 1.82) is 0 Å². The lowest BCUT2D eigenvalue weighted by molar-refractivity contribution is 0.331. The molecule has 0 atom stereocenters. The van der Waals surface area contributed by atoms with Crippen LogP contribution in [0.2, 0.25) is 0 Å². The summed E-state index contributed by atoms with van der Waals surface area (Å²) < 4.78 is 7.32. The van der Waals surface area contributed by atoms with E-state index >= 15 is 0 Å². The largest absolute Gasteiger partial charge is 0.468 e. The standard InChI is InChI=1S/C44H51BN2O/c1-40(2,3)26-16-18-27(19-17-26)47-36-28-14-13-15-30(41(4,5)6)37(28)48-38(36)45-34-25-32-31(42(7,8)21-22-43(32,9)10)24-33(34)44(11,12)29-20-23-46-39(47)35(29)45/h13-20,23-25H,21-22H2,1-12H3. The van der Waals surface area contributed by atoms with Crippen LogP contribution in [-0.4, -0.2) is 11.7 Å². The third-order valence-corrected chi connectivity index (χ3v) is 12.2. The molecule has 0 spiro atoms. The summed E-state index contributed by atoms with van der Waals surface area (Å²) in [5.74, 6) is 1.02. The van der Waals surface area contributed by atoms with E-state index in [0.29, 0.717) is 0 Å². The van der Waals surface area contributed by atoms with Crippen molar-refractivity contribution in [2.45, 2.75) is 123 Å². The summed E-state index contributed by atoms with van der Waals surface area (Å²) in [7, 11) is 0. The van der Waals surface area contributed by atoms with Crippen molar-refractivity contribution in [2.24, 2.45) is 0 Å². The Hall–Kier alpha value is -3.79. The first-order valence-electron chi connectivity index (χ1n) is 18.0. The molecule has 1 aliphatic carbocycles. The van der Waals surface area contributed by atoms with E-state index < -0.39 is 0 Å². The van der Waals surface area contributed by atoms with Crippen molar-refractivity contribution in [2.75, 3.05) is 4.90 Å². The van der Waals surface area contributed by atoms with E-state index in [-0.39, 0.29) is 33.8 Å². The number of hydrogen-bond donors (Lipinski definition) is 0. The molecule has 3 nitrogen and oxygen atoms in total. The number of para-hydroxylation sites is 1. The van der Waals surface area contributed by atoms with Crippen LogP contribution in [0.1, 0.15) is 129 Å². The van der Waals surface area contributed by atoms with Crippen molar-refractivity contribution in [3.05, 3.63) is 100 Å². The summed E-state index contributed by atoms with van der Waals surface area (Å²) in [5.41, 5.74) is 15.3. The highest BCUT2D eigenvalue weighted by Crippen LogP contribution is 2.50. The van der Waals surface area contributed by atoms with Crippen LogP contribution < -0.4 is 21.5 Å². The summed E-state index contributed by atoms with van der Waals surface area (Å²) in [6.07, 6.45) is 4.42. The molecule has 246 valence electrons. The quantitative estimate of drug-likeness (QED) is 0.169. The molecule has 0 unspecified atom stereocenters. The molecule has 0 amide bonds. The summed E-state index contributed by atoms with van der Waals surface area (Å²) in [6.45, 7) is 28.2. The summed E-state index contributed by atoms with van der Waals surface area (Å²) in [5, 5.41) is 1.15. The minimum Gasteiger partial charge on any atom is -0.468 e. The average Bonchev–Trinajstić information content (AvgIpc) is 3.39. The molecule has 5 aromatic rings. The van der Waals surface area contributed by atoms with E-state index in [9.17, 15) is 0 Å². The number of fused-ring (bicyclic) bond motifs is 7. The molecule has 0 saturated carbocycles. The molecule has 0 bridgehead atoms. The van der Waals surface area contributed by atoms with Crippen LogP contribution in [0.25, 0.3) is 11.0 Å². The second kappa shape index (κ2) is 9.68. The lowest BCUT2D eigenvalue weighted by Gasteiger charge is -2.47. The molecule has 8 rings (SSSR count). The first-order valence-corrected chi connectivity index (χ1v) is 18.0. The predicted octanol–water partition coefficient (Wildman–Crippen LogP) is 9.71. The molecular weight excluding hydrogens is 583 g/mol. The maximum atomic E-state index is 7.32. The van der Waals surface area contributed by atoms with Crippen molar-refractivity contribution in [1.82, 2.24) is 4.98 Å². The Morgan fingerprint density at radius 2 is 1.38 bits per heavy atom. The Morgan fingerprint density at radius 1 is 0.729 bits per heavy atom. The van der Waals surface area contributed by atoms with E-state index in [1.54, 1.807) is 0 Å². The number of nitrogens with zero attached hydrogens (tertiary/aromatic N) is 2. The maximum absolute atomic E-state index is 7.32. The van der Waals surface area contributed by atoms with Crippen molar-refractivity contribution >= 4 is 51.5 Å². The lowest BCUT2D eigenvalue weighted by Crippen LogP contribution is -2.64. The van der Waals surface area contributed by atoms with E-state index in [0.717, 1.165) is 33.8 Å². The first kappa shape index (κ1) is 31.5. The lowest BCUT2D eigenvalue weighted by atomic mass is 9.31. The Labute approximate surface area is 288 Å². The highest BCUT2D eigenvalue weighted by molar-refractivity contribution is 6.98. The van der Waals surface area contributed by atoms with Crippen LogP contribution in [0.3, 0.4) is 0 Å².